The van der Waals surface area contributed by atoms with Crippen molar-refractivity contribution in [3.05, 3.63) is 131 Å². The number of amides is 3. The molecule has 1 fully saturated rings. The van der Waals surface area contributed by atoms with Crippen LogP contribution in [0.4, 0.5) is 11.6 Å². The highest BCUT2D eigenvalue weighted by molar-refractivity contribution is 6.31. The number of benzene rings is 2. The molecule has 3 amide bonds. The Kier molecular flexibility index (Phi) is 15.6. The van der Waals surface area contributed by atoms with Gasteiger partial charge in [0.25, 0.3) is 17.7 Å². The van der Waals surface area contributed by atoms with E-state index in [2.05, 4.69) is 35.9 Å². The molecule has 314 valence electrons. The molecule has 16 heteroatoms. The summed E-state index contributed by atoms with van der Waals surface area (Å²) in [7, 11) is 0. The second kappa shape index (κ2) is 21.6. The van der Waals surface area contributed by atoms with Gasteiger partial charge >= 0.3 is 0 Å². The normalized spacial score (nSPS) is 14.4. The maximum Gasteiger partial charge on any atom is 0.274 e. The van der Waals surface area contributed by atoms with E-state index in [0.29, 0.717) is 24.6 Å². The Morgan fingerprint density at radius 1 is 0.717 bits per heavy atom. The van der Waals surface area contributed by atoms with Crippen LogP contribution in [0.25, 0.3) is 0 Å². The Hall–Kier alpha value is -6.32. The molecule has 2 aromatic carbocycles. The number of nitrogens with zero attached hydrogens (tertiary/aromatic N) is 5. The summed E-state index contributed by atoms with van der Waals surface area (Å²) in [5.74, 6) is 0.333. The van der Waals surface area contributed by atoms with E-state index >= 15 is 0 Å². The number of likely N-dealkylation sites (tertiary alicyclic amines) is 1. The van der Waals surface area contributed by atoms with Crippen molar-refractivity contribution < 1.29 is 28.3 Å². The van der Waals surface area contributed by atoms with Gasteiger partial charge < -0.3 is 41.4 Å². The molecule has 0 spiro atoms. The summed E-state index contributed by atoms with van der Waals surface area (Å²) in [6, 6.07) is 23.1. The van der Waals surface area contributed by atoms with E-state index in [1.807, 2.05) is 72.8 Å². The third-order valence-corrected chi connectivity index (χ3v) is 10.7. The number of hydrogen-bond acceptors (Lipinski definition) is 11. The van der Waals surface area contributed by atoms with Gasteiger partial charge in [0.05, 0.1) is 32.2 Å². The molecule has 1 aliphatic heterocycles. The summed E-state index contributed by atoms with van der Waals surface area (Å²) in [6.07, 6.45) is 12.2. The number of piperidine rings is 1. The third-order valence-electron chi connectivity index (χ3n) is 10.5. The molecule has 0 saturated carbocycles. The third kappa shape index (κ3) is 13.4. The van der Waals surface area contributed by atoms with Crippen molar-refractivity contribution in [1.29, 1.82) is 0 Å². The summed E-state index contributed by atoms with van der Waals surface area (Å²) in [6.45, 7) is 4.23. The first kappa shape index (κ1) is 43.3. The molecule has 15 nitrogen and oxygen atoms in total. The Morgan fingerprint density at radius 3 is 1.75 bits per heavy atom. The predicted octanol–water partition coefficient (Wildman–Crippen LogP) is 4.45. The molecule has 0 aliphatic carbocycles. The largest absolute Gasteiger partial charge is 0.484 e. The molecule has 4 heterocycles. The van der Waals surface area contributed by atoms with Gasteiger partial charge in [-0.3, -0.25) is 24.4 Å². The average Bonchev–Trinajstić information content (AvgIpc) is 3.26. The van der Waals surface area contributed by atoms with Crippen molar-refractivity contribution in [2.75, 3.05) is 50.9 Å². The van der Waals surface area contributed by atoms with Gasteiger partial charge in [0.1, 0.15) is 11.5 Å². The maximum atomic E-state index is 13.3. The lowest BCUT2D eigenvalue weighted by Gasteiger charge is -2.45. The summed E-state index contributed by atoms with van der Waals surface area (Å²) >= 11 is 6.08. The molecule has 6 rings (SSSR count). The van der Waals surface area contributed by atoms with Gasteiger partial charge in [-0.15, -0.1) is 0 Å². The van der Waals surface area contributed by atoms with Crippen LogP contribution in [-0.4, -0.2) is 87.6 Å². The molecular formula is C44H52ClN10O5+. The van der Waals surface area contributed by atoms with E-state index in [9.17, 15) is 14.4 Å². The van der Waals surface area contributed by atoms with Crippen molar-refractivity contribution in [2.45, 2.75) is 57.7 Å². The second-order valence-corrected chi connectivity index (χ2v) is 15.3. The molecule has 5 aromatic rings. The first-order valence-corrected chi connectivity index (χ1v) is 20.5. The zero-order valence-electron chi connectivity index (χ0n) is 33.5. The second-order valence-electron chi connectivity index (χ2n) is 15.0. The number of quaternary nitrogens is 1. The number of anilines is 2. The fraction of sp³-hybridized carbons (Fsp3) is 0.341. The summed E-state index contributed by atoms with van der Waals surface area (Å²) < 4.78 is 12.3. The van der Waals surface area contributed by atoms with Crippen LogP contribution < -0.4 is 36.9 Å². The molecule has 0 bridgehead atoms. The summed E-state index contributed by atoms with van der Waals surface area (Å²) in [4.78, 5) is 54.2. The van der Waals surface area contributed by atoms with E-state index in [1.54, 1.807) is 24.8 Å². The van der Waals surface area contributed by atoms with Crippen LogP contribution in [0.15, 0.2) is 97.6 Å². The monoisotopic (exact) mass is 835 g/mol. The predicted molar refractivity (Wildman–Crippen MR) is 229 cm³/mol. The van der Waals surface area contributed by atoms with Gasteiger partial charge in [-0.25, -0.2) is 9.97 Å². The first-order chi connectivity index (χ1) is 29.1. The number of halogens is 1. The number of nitrogens with two attached hydrogens (primary N) is 2. The van der Waals surface area contributed by atoms with Gasteiger partial charge in [0.2, 0.25) is 0 Å². The van der Waals surface area contributed by atoms with Crippen LogP contribution in [0.1, 0.15) is 58.4 Å². The van der Waals surface area contributed by atoms with Crippen LogP contribution in [0.2, 0.25) is 5.15 Å². The lowest BCUT2D eigenvalue weighted by atomic mass is 9.99. The molecule has 1 atom stereocenters. The highest BCUT2D eigenvalue weighted by Gasteiger charge is 2.35. The van der Waals surface area contributed by atoms with E-state index in [0.717, 1.165) is 80.3 Å². The first-order valence-electron chi connectivity index (χ1n) is 20.1. The van der Waals surface area contributed by atoms with Crippen molar-refractivity contribution in [3.8, 4) is 11.5 Å². The van der Waals surface area contributed by atoms with Crippen molar-refractivity contribution in [1.82, 2.24) is 35.9 Å². The fourth-order valence-electron chi connectivity index (χ4n) is 7.37. The minimum atomic E-state index is -0.423. The van der Waals surface area contributed by atoms with Gasteiger partial charge in [-0.1, -0.05) is 48.0 Å². The SMILES string of the molecule is Nc1nc(N)c(C(=O)N[C@H]2CCC[N+](CCCc3ccc(OCC(=O)NCc4cccnc4)cc3)(CCCc3ccc(OCC(=O)NCc4cccnc4)cc3)C2)nc1Cl. The number of aryl methyl sites for hydroxylation is 2. The zero-order valence-corrected chi connectivity index (χ0v) is 34.3. The summed E-state index contributed by atoms with van der Waals surface area (Å²) in [5, 5.41) is 8.78. The molecule has 7 N–H and O–H groups in total. The van der Waals surface area contributed by atoms with E-state index in [-0.39, 0.29) is 53.6 Å². The highest BCUT2D eigenvalue weighted by atomic mass is 35.5. The smallest absolute Gasteiger partial charge is 0.274 e. The van der Waals surface area contributed by atoms with Gasteiger partial charge in [-0.05, 0) is 84.3 Å². The Labute approximate surface area is 354 Å². The number of carbonyl (C=O) groups excluding carboxylic acids is 3. The van der Waals surface area contributed by atoms with Gasteiger partial charge in [0, 0.05) is 50.7 Å². The van der Waals surface area contributed by atoms with E-state index < -0.39 is 5.91 Å². The lowest BCUT2D eigenvalue weighted by molar-refractivity contribution is -0.933. The Bertz CT molecular complexity index is 2050. The number of hydrogen-bond donors (Lipinski definition) is 5. The zero-order chi connectivity index (χ0) is 42.2. The number of nitrogens with one attached hydrogen (secondary N) is 3. The van der Waals surface area contributed by atoms with Crippen LogP contribution in [0.3, 0.4) is 0 Å². The molecule has 0 unspecified atom stereocenters. The number of carbonyl (C=O) groups is 3. The van der Waals surface area contributed by atoms with Crippen molar-refractivity contribution in [2.24, 2.45) is 0 Å². The number of ether oxygens (including phenoxy) is 2. The van der Waals surface area contributed by atoms with Crippen LogP contribution in [0.5, 0.6) is 11.5 Å². The molecule has 3 aromatic heterocycles. The lowest BCUT2D eigenvalue weighted by Crippen LogP contribution is -2.60. The molecule has 60 heavy (non-hydrogen) atoms. The fourth-order valence-corrected chi connectivity index (χ4v) is 7.50. The van der Waals surface area contributed by atoms with Crippen molar-refractivity contribution in [3.63, 3.8) is 0 Å². The highest BCUT2D eigenvalue weighted by Crippen LogP contribution is 2.25. The Morgan fingerprint density at radius 2 is 1.25 bits per heavy atom. The average molecular weight is 836 g/mol. The number of nitrogen functional groups attached to an aromatic ring is 2. The minimum Gasteiger partial charge on any atom is -0.484 e. The van der Waals surface area contributed by atoms with E-state index in [1.165, 1.54) is 11.1 Å². The van der Waals surface area contributed by atoms with E-state index in [4.69, 9.17) is 32.5 Å². The number of aromatic nitrogens is 4. The van der Waals surface area contributed by atoms with Gasteiger partial charge in [0.15, 0.2) is 35.7 Å². The molecular weight excluding hydrogens is 784 g/mol. The van der Waals surface area contributed by atoms with Crippen LogP contribution in [-0.2, 0) is 35.5 Å². The van der Waals surface area contributed by atoms with Crippen LogP contribution >= 0.6 is 11.6 Å². The van der Waals surface area contributed by atoms with Crippen molar-refractivity contribution >= 4 is 41.0 Å². The standard InChI is InChI=1S/C44H51ClN10O5/c45-41-43(47)54-42(46)40(53-41)44(58)52-35-10-5-23-55(28-35,21-3-8-31-11-15-36(16-12-31)59-29-38(56)50-26-33-6-1-19-48-24-33)22-4-9-32-13-17-37(18-14-32)60-30-39(57)51-27-34-7-2-20-49-25-34/h1-2,6-7,11-20,24-25,35H,3-5,8-10,21-23,26-30H2,(H6-,46,47,50,51,52,54,56,57,58)/p+1/t35-/m0/s1. The summed E-state index contributed by atoms with van der Waals surface area (Å²) in [5.41, 5.74) is 15.9. The Balaban J connectivity index is 1.01. The topological polar surface area (TPSA) is 209 Å². The van der Waals surface area contributed by atoms with Crippen LogP contribution in [0, 0.1) is 0 Å². The number of rotatable bonds is 20. The maximum absolute atomic E-state index is 13.3. The van der Waals surface area contributed by atoms with Gasteiger partial charge in [-0.2, -0.15) is 0 Å². The molecule has 1 aliphatic rings. The molecule has 1 saturated heterocycles. The molecule has 0 radical (unpaired) electrons. The number of pyridine rings is 2. The minimum absolute atomic E-state index is 0.0245. The quantitative estimate of drug-likeness (QED) is 0.0692.